The monoisotopic (exact) mass is 498 g/mol. The third-order valence-corrected chi connectivity index (χ3v) is 7.65. The van der Waals surface area contributed by atoms with Gasteiger partial charge in [0.25, 0.3) is 5.56 Å². The van der Waals surface area contributed by atoms with E-state index in [9.17, 15) is 9.90 Å². The molecule has 1 unspecified atom stereocenters. The molecule has 0 bridgehead atoms. The minimum Gasteiger partial charge on any atom is -0.384 e. The molecule has 0 amide bonds. The van der Waals surface area contributed by atoms with Crippen LogP contribution in [0.15, 0.2) is 53.5 Å². The fourth-order valence-electron chi connectivity index (χ4n) is 5.35. The highest BCUT2D eigenvalue weighted by atomic mass is 16.3. The first-order valence-corrected chi connectivity index (χ1v) is 13.1. The molecule has 4 aromatic rings. The minimum atomic E-state index is -1.09. The molecule has 0 radical (unpaired) electrons. The number of hydrogen-bond donors (Lipinski definition) is 2. The Bertz CT molecular complexity index is 1540. The standard InChI is InChI=1S/C29H34N6O2/c1-29(2,37)25-6-5-7-27(32-25)35-24-16-26(30-17-23(24)28(36)34(35)21-12-13-21)31-20-10-8-18-9-11-22(33(3)4)15-19(18)14-20/h5-8,10,14,16-17,21-22,37H,9,11-13,15H2,1-4H3,(H,30,31). The van der Waals surface area contributed by atoms with Gasteiger partial charge in [0, 0.05) is 24.0 Å². The van der Waals surface area contributed by atoms with E-state index >= 15 is 0 Å². The zero-order valence-corrected chi connectivity index (χ0v) is 21.9. The van der Waals surface area contributed by atoms with Crippen LogP contribution in [0.3, 0.4) is 0 Å². The largest absolute Gasteiger partial charge is 0.384 e. The maximum Gasteiger partial charge on any atom is 0.276 e. The molecule has 2 N–H and O–H groups in total. The Morgan fingerprint density at radius 2 is 1.89 bits per heavy atom. The van der Waals surface area contributed by atoms with Crippen LogP contribution in [-0.4, -0.2) is 49.5 Å². The first-order valence-electron chi connectivity index (χ1n) is 13.1. The normalized spacial score (nSPS) is 17.8. The highest BCUT2D eigenvalue weighted by molar-refractivity contribution is 5.82. The van der Waals surface area contributed by atoms with Crippen LogP contribution in [-0.2, 0) is 18.4 Å². The predicted molar refractivity (Wildman–Crippen MR) is 146 cm³/mol. The lowest BCUT2D eigenvalue weighted by molar-refractivity contribution is 0.0738. The maximum atomic E-state index is 13.4. The molecule has 2 aliphatic carbocycles. The molecule has 2 aliphatic rings. The summed E-state index contributed by atoms with van der Waals surface area (Å²) < 4.78 is 3.69. The van der Waals surface area contributed by atoms with Gasteiger partial charge in [-0.3, -0.25) is 4.79 Å². The van der Waals surface area contributed by atoms with Gasteiger partial charge in [0.2, 0.25) is 0 Å². The second-order valence-corrected chi connectivity index (χ2v) is 11.2. The number of fused-ring (bicyclic) bond motifs is 2. The van der Waals surface area contributed by atoms with Crippen LogP contribution in [0.4, 0.5) is 11.5 Å². The van der Waals surface area contributed by atoms with Gasteiger partial charge in [0.1, 0.15) is 11.4 Å². The summed E-state index contributed by atoms with van der Waals surface area (Å²) >= 11 is 0. The average Bonchev–Trinajstić information content (AvgIpc) is 3.67. The SMILES string of the molecule is CN(C)C1CCc2ccc(Nc3cc4c(cn3)c(=O)n(C3CC3)n4-c3cccc(C(C)(C)O)n3)cc2C1. The lowest BCUT2D eigenvalue weighted by Gasteiger charge is -2.30. The third kappa shape index (κ3) is 4.45. The summed E-state index contributed by atoms with van der Waals surface area (Å²) in [6, 6.07) is 14.7. The van der Waals surface area contributed by atoms with E-state index in [1.165, 1.54) is 17.5 Å². The van der Waals surface area contributed by atoms with Crippen molar-refractivity contribution in [2.45, 2.75) is 63.6 Å². The second kappa shape index (κ2) is 8.82. The smallest absolute Gasteiger partial charge is 0.276 e. The molecule has 1 atom stereocenters. The van der Waals surface area contributed by atoms with Crippen LogP contribution in [0.5, 0.6) is 0 Å². The Labute approximate surface area is 216 Å². The molecule has 1 fully saturated rings. The molecular weight excluding hydrogens is 464 g/mol. The molecule has 0 spiro atoms. The molecule has 1 saturated carbocycles. The van der Waals surface area contributed by atoms with Crippen LogP contribution in [0.25, 0.3) is 16.7 Å². The van der Waals surface area contributed by atoms with E-state index in [-0.39, 0.29) is 11.6 Å². The van der Waals surface area contributed by atoms with Crippen molar-refractivity contribution < 1.29 is 5.11 Å². The van der Waals surface area contributed by atoms with Crippen molar-refractivity contribution in [3.8, 4) is 5.82 Å². The fourth-order valence-corrected chi connectivity index (χ4v) is 5.35. The average molecular weight is 499 g/mol. The summed E-state index contributed by atoms with van der Waals surface area (Å²) in [6.45, 7) is 3.43. The number of likely N-dealkylation sites (N-methyl/N-ethyl adjacent to an activating group) is 1. The molecule has 0 saturated heterocycles. The summed E-state index contributed by atoms with van der Waals surface area (Å²) in [6.07, 6.45) is 6.91. The van der Waals surface area contributed by atoms with Gasteiger partial charge in [-0.1, -0.05) is 12.1 Å². The third-order valence-electron chi connectivity index (χ3n) is 7.65. The first-order chi connectivity index (χ1) is 17.7. The summed E-state index contributed by atoms with van der Waals surface area (Å²) in [5.41, 5.74) is 3.94. The minimum absolute atomic E-state index is 0.0597. The van der Waals surface area contributed by atoms with Crippen LogP contribution in [0, 0.1) is 0 Å². The van der Waals surface area contributed by atoms with E-state index in [2.05, 4.69) is 47.5 Å². The second-order valence-electron chi connectivity index (χ2n) is 11.2. The van der Waals surface area contributed by atoms with Gasteiger partial charge in [-0.05, 0) is 95.4 Å². The number of aryl methyl sites for hydroxylation is 1. The lowest BCUT2D eigenvalue weighted by Crippen LogP contribution is -2.33. The number of benzene rings is 1. The molecular formula is C29H34N6O2. The predicted octanol–water partition coefficient (Wildman–Crippen LogP) is 4.31. The van der Waals surface area contributed by atoms with Gasteiger partial charge in [-0.2, -0.15) is 0 Å². The number of pyridine rings is 2. The van der Waals surface area contributed by atoms with E-state index in [1.807, 2.05) is 22.9 Å². The number of aromatic nitrogens is 4. The van der Waals surface area contributed by atoms with Gasteiger partial charge in [-0.25, -0.2) is 19.3 Å². The Balaban J connectivity index is 1.41. The molecule has 8 heteroatoms. The molecule has 3 heterocycles. The molecule has 8 nitrogen and oxygen atoms in total. The summed E-state index contributed by atoms with van der Waals surface area (Å²) in [7, 11) is 4.30. The van der Waals surface area contributed by atoms with Crippen molar-refractivity contribution in [2.24, 2.45) is 0 Å². The number of aliphatic hydroxyl groups is 1. The summed E-state index contributed by atoms with van der Waals surface area (Å²) in [4.78, 5) is 25.0. The molecule has 3 aromatic heterocycles. The van der Waals surface area contributed by atoms with Crippen LogP contribution >= 0.6 is 0 Å². The van der Waals surface area contributed by atoms with Crippen molar-refractivity contribution >= 4 is 22.4 Å². The summed E-state index contributed by atoms with van der Waals surface area (Å²) in [5.74, 6) is 1.28. The van der Waals surface area contributed by atoms with E-state index in [0.717, 1.165) is 36.9 Å². The summed E-state index contributed by atoms with van der Waals surface area (Å²) in [5, 5.41) is 14.6. The molecule has 1 aromatic carbocycles. The van der Waals surface area contributed by atoms with E-state index in [4.69, 9.17) is 4.98 Å². The number of nitrogens with one attached hydrogen (secondary N) is 1. The van der Waals surface area contributed by atoms with Crippen LogP contribution in [0.2, 0.25) is 0 Å². The van der Waals surface area contributed by atoms with Gasteiger partial charge >= 0.3 is 0 Å². The number of rotatable bonds is 6. The Morgan fingerprint density at radius 1 is 1.08 bits per heavy atom. The quantitative estimate of drug-likeness (QED) is 0.412. The van der Waals surface area contributed by atoms with Crippen molar-refractivity contribution in [3.63, 3.8) is 0 Å². The van der Waals surface area contributed by atoms with Crippen LogP contribution < -0.4 is 10.9 Å². The van der Waals surface area contributed by atoms with Gasteiger partial charge < -0.3 is 15.3 Å². The topological polar surface area (TPSA) is 88.2 Å². The van der Waals surface area contributed by atoms with Crippen LogP contribution in [0.1, 0.15) is 56.0 Å². The Hall–Kier alpha value is -3.49. The van der Waals surface area contributed by atoms with E-state index < -0.39 is 5.60 Å². The fraction of sp³-hybridized carbons (Fsp3) is 0.414. The van der Waals surface area contributed by atoms with Crippen molar-refractivity contribution in [1.82, 2.24) is 24.2 Å². The Kier molecular flexibility index (Phi) is 5.69. The zero-order chi connectivity index (χ0) is 25.9. The van der Waals surface area contributed by atoms with Gasteiger partial charge in [0.15, 0.2) is 5.82 Å². The van der Waals surface area contributed by atoms with Crippen molar-refractivity contribution in [2.75, 3.05) is 19.4 Å². The van der Waals surface area contributed by atoms with E-state index in [1.54, 1.807) is 30.8 Å². The molecule has 0 aliphatic heterocycles. The van der Waals surface area contributed by atoms with Crippen molar-refractivity contribution in [1.29, 1.82) is 0 Å². The van der Waals surface area contributed by atoms with Crippen molar-refractivity contribution in [3.05, 3.63) is 75.8 Å². The van der Waals surface area contributed by atoms with Gasteiger partial charge in [-0.15, -0.1) is 0 Å². The lowest BCUT2D eigenvalue weighted by atomic mass is 9.87. The zero-order valence-electron chi connectivity index (χ0n) is 21.9. The molecule has 6 rings (SSSR count). The van der Waals surface area contributed by atoms with Gasteiger partial charge in [0.05, 0.1) is 22.6 Å². The number of hydrogen-bond acceptors (Lipinski definition) is 6. The first kappa shape index (κ1) is 23.9. The Morgan fingerprint density at radius 3 is 2.62 bits per heavy atom. The van der Waals surface area contributed by atoms with E-state index in [0.29, 0.717) is 28.8 Å². The molecule has 37 heavy (non-hydrogen) atoms. The maximum absolute atomic E-state index is 13.4. The highest BCUT2D eigenvalue weighted by Gasteiger charge is 2.31. The molecule has 192 valence electrons. The number of anilines is 2. The highest BCUT2D eigenvalue weighted by Crippen LogP contribution is 2.36. The number of nitrogens with zero attached hydrogens (tertiary/aromatic N) is 5.